The van der Waals surface area contributed by atoms with Crippen LogP contribution >= 0.6 is 0 Å². The summed E-state index contributed by atoms with van der Waals surface area (Å²) in [6.45, 7) is 10.6. The number of aliphatic carboxylic acids is 1. The number of hydrogen-bond acceptors (Lipinski definition) is 4. The summed E-state index contributed by atoms with van der Waals surface area (Å²) in [5, 5.41) is 27.0. The zero-order valence-corrected chi connectivity index (χ0v) is 10.8. The maximum atomic E-state index is 9.28. The van der Waals surface area contributed by atoms with Gasteiger partial charge in [-0.15, -0.1) is 0 Å². The van der Waals surface area contributed by atoms with Crippen LogP contribution < -0.4 is 5.11 Å². The third kappa shape index (κ3) is 9.89. The van der Waals surface area contributed by atoms with Gasteiger partial charge in [-0.2, -0.15) is 0 Å². The van der Waals surface area contributed by atoms with Crippen LogP contribution in [0.1, 0.15) is 27.7 Å². The van der Waals surface area contributed by atoms with Gasteiger partial charge in [-0.05, 0) is 27.7 Å². The summed E-state index contributed by atoms with van der Waals surface area (Å²) >= 11 is 0. The summed E-state index contributed by atoms with van der Waals surface area (Å²) in [5.41, 5.74) is 0. The van der Waals surface area contributed by atoms with Crippen LogP contribution in [0.4, 0.5) is 0 Å². The molecule has 0 aromatic heterocycles. The minimum Gasteiger partial charge on any atom is -0.550 e. The van der Waals surface area contributed by atoms with E-state index in [4.69, 9.17) is 15.0 Å². The second-order valence-corrected chi connectivity index (χ2v) is 3.94. The molecule has 0 saturated carbocycles. The molecule has 5 nitrogen and oxygen atoms in total. The van der Waals surface area contributed by atoms with Gasteiger partial charge in [0.25, 0.3) is 0 Å². The first-order valence-corrected chi connectivity index (χ1v) is 5.65. The summed E-state index contributed by atoms with van der Waals surface area (Å²) in [6.07, 6.45) is -0.281. The molecule has 0 aromatic rings. The molecule has 1 atom stereocenters. The highest BCUT2D eigenvalue weighted by molar-refractivity contribution is 5.60. The van der Waals surface area contributed by atoms with E-state index in [1.165, 1.54) is 0 Å². The molecule has 98 valence electrons. The Morgan fingerprint density at radius 2 is 1.75 bits per heavy atom. The van der Waals surface area contributed by atoms with Crippen LogP contribution in [0.25, 0.3) is 0 Å². The molecule has 0 aromatic carbocycles. The predicted octanol–water partition coefficient (Wildman–Crippen LogP) is -1.03. The molecule has 2 N–H and O–H groups in total. The van der Waals surface area contributed by atoms with E-state index >= 15 is 0 Å². The van der Waals surface area contributed by atoms with Crippen molar-refractivity contribution < 1.29 is 24.6 Å². The number of hydrogen-bond donors (Lipinski definition) is 2. The summed E-state index contributed by atoms with van der Waals surface area (Å²) < 4.78 is 0.814. The van der Waals surface area contributed by atoms with Crippen molar-refractivity contribution in [3.8, 4) is 0 Å². The fourth-order valence-electron chi connectivity index (χ4n) is 1.66. The number of carbonyl (C=O) groups is 1. The highest BCUT2D eigenvalue weighted by Gasteiger charge is 2.24. The Morgan fingerprint density at radius 3 is 1.94 bits per heavy atom. The second kappa shape index (κ2) is 9.57. The smallest absolute Gasteiger partial charge is 0.105 e. The maximum absolute atomic E-state index is 9.28. The molecule has 0 aliphatic heterocycles. The van der Waals surface area contributed by atoms with Gasteiger partial charge in [0.15, 0.2) is 0 Å². The Balaban J connectivity index is 0. The van der Waals surface area contributed by atoms with Gasteiger partial charge in [0.2, 0.25) is 0 Å². The molecule has 0 spiro atoms. The number of aliphatic hydroxyl groups is 2. The third-order valence-corrected chi connectivity index (χ3v) is 2.57. The number of rotatable bonds is 6. The van der Waals surface area contributed by atoms with Crippen molar-refractivity contribution in [1.29, 1.82) is 0 Å². The standard InChI is InChI=1S/C9H22NO2.C2H4O2/c1-4-10(5-2,6-7-11)8-9(3)12;1-2(3)4/h9,11-12H,4-8H2,1-3H3;1H3,(H,3,4)/q+1;/p-1. The van der Waals surface area contributed by atoms with E-state index in [-0.39, 0.29) is 12.7 Å². The molecule has 0 bridgehead atoms. The number of carboxylic acids is 1. The summed E-state index contributed by atoms with van der Waals surface area (Å²) in [7, 11) is 0. The fraction of sp³-hybridized carbons (Fsp3) is 0.909. The Kier molecular flexibility index (Phi) is 10.6. The number of likely N-dealkylation sites (N-methyl/N-ethyl adjacent to an activating group) is 1. The number of nitrogens with zero attached hydrogens (tertiary/aromatic N) is 1. The number of quaternary nitrogens is 1. The molecule has 0 saturated heterocycles. The summed E-state index contributed by atoms with van der Waals surface area (Å²) in [4.78, 5) is 8.89. The monoisotopic (exact) mass is 235 g/mol. The minimum atomic E-state index is -1.08. The molecule has 0 rings (SSSR count). The average molecular weight is 235 g/mol. The fourth-order valence-corrected chi connectivity index (χ4v) is 1.66. The van der Waals surface area contributed by atoms with Crippen LogP contribution in [0.2, 0.25) is 0 Å². The lowest BCUT2D eigenvalue weighted by molar-refractivity contribution is -0.927. The topological polar surface area (TPSA) is 80.6 Å². The lowest BCUT2D eigenvalue weighted by Gasteiger charge is -2.37. The number of aliphatic hydroxyl groups excluding tert-OH is 2. The predicted molar refractivity (Wildman–Crippen MR) is 60.5 cm³/mol. The van der Waals surface area contributed by atoms with E-state index in [9.17, 15) is 5.11 Å². The van der Waals surface area contributed by atoms with Crippen molar-refractivity contribution in [1.82, 2.24) is 0 Å². The number of carboxylic acid groups (broad SMARTS) is 1. The number of carbonyl (C=O) groups excluding carboxylic acids is 1. The molecule has 0 fully saturated rings. The molecular weight excluding hydrogens is 210 g/mol. The largest absolute Gasteiger partial charge is 0.550 e. The molecule has 0 heterocycles. The normalized spacial score (nSPS) is 12.6. The molecule has 0 aliphatic rings. The van der Waals surface area contributed by atoms with Gasteiger partial charge in [0.1, 0.15) is 19.2 Å². The van der Waals surface area contributed by atoms with E-state index in [0.29, 0.717) is 0 Å². The Labute approximate surface area is 97.9 Å². The van der Waals surface area contributed by atoms with E-state index in [1.54, 1.807) is 6.92 Å². The van der Waals surface area contributed by atoms with Crippen molar-refractivity contribution in [2.75, 3.05) is 32.8 Å². The van der Waals surface area contributed by atoms with Gasteiger partial charge < -0.3 is 24.6 Å². The van der Waals surface area contributed by atoms with Crippen molar-refractivity contribution in [2.24, 2.45) is 0 Å². The van der Waals surface area contributed by atoms with Gasteiger partial charge in [0, 0.05) is 5.97 Å². The quantitative estimate of drug-likeness (QED) is 0.577. The van der Waals surface area contributed by atoms with Crippen molar-refractivity contribution in [3.63, 3.8) is 0 Å². The van der Waals surface area contributed by atoms with Crippen molar-refractivity contribution >= 4 is 5.97 Å². The van der Waals surface area contributed by atoms with E-state index in [1.807, 2.05) is 0 Å². The first-order valence-electron chi connectivity index (χ1n) is 5.65. The molecule has 0 amide bonds. The Bertz CT molecular complexity index is 175. The molecule has 1 unspecified atom stereocenters. The van der Waals surface area contributed by atoms with Crippen LogP contribution in [0.5, 0.6) is 0 Å². The van der Waals surface area contributed by atoms with Crippen molar-refractivity contribution in [2.45, 2.75) is 33.8 Å². The lowest BCUT2D eigenvalue weighted by Crippen LogP contribution is -2.53. The van der Waals surface area contributed by atoms with Crippen molar-refractivity contribution in [3.05, 3.63) is 0 Å². The SMILES string of the molecule is CC(=O)[O-].CC[N+](CC)(CCO)CC(C)O. The maximum Gasteiger partial charge on any atom is 0.105 e. The first-order chi connectivity index (χ1) is 7.33. The van der Waals surface area contributed by atoms with Crippen LogP contribution in [-0.2, 0) is 4.79 Å². The molecule has 5 heteroatoms. The highest BCUT2D eigenvalue weighted by atomic mass is 16.4. The van der Waals surface area contributed by atoms with E-state index in [0.717, 1.165) is 37.6 Å². The van der Waals surface area contributed by atoms with Crippen LogP contribution in [0.15, 0.2) is 0 Å². The zero-order valence-electron chi connectivity index (χ0n) is 10.8. The minimum absolute atomic E-state index is 0.203. The van der Waals surface area contributed by atoms with Gasteiger partial charge in [0.05, 0.1) is 19.7 Å². The van der Waals surface area contributed by atoms with Crippen LogP contribution in [0.3, 0.4) is 0 Å². The Morgan fingerprint density at radius 1 is 1.38 bits per heavy atom. The van der Waals surface area contributed by atoms with Gasteiger partial charge in [-0.25, -0.2) is 0 Å². The Hall–Kier alpha value is -0.650. The van der Waals surface area contributed by atoms with E-state index < -0.39 is 5.97 Å². The third-order valence-electron chi connectivity index (χ3n) is 2.57. The van der Waals surface area contributed by atoms with Crippen LogP contribution in [0, 0.1) is 0 Å². The lowest BCUT2D eigenvalue weighted by atomic mass is 10.2. The van der Waals surface area contributed by atoms with E-state index in [2.05, 4.69) is 13.8 Å². The van der Waals surface area contributed by atoms with Gasteiger partial charge in [-0.3, -0.25) is 0 Å². The average Bonchev–Trinajstić information content (AvgIpc) is 2.15. The summed E-state index contributed by atoms with van der Waals surface area (Å²) in [6, 6.07) is 0. The molecular formula is C11H25NO4. The molecule has 0 radical (unpaired) electrons. The summed E-state index contributed by atoms with van der Waals surface area (Å²) in [5.74, 6) is -1.08. The van der Waals surface area contributed by atoms with Crippen LogP contribution in [-0.4, -0.2) is 59.6 Å². The second-order valence-electron chi connectivity index (χ2n) is 3.94. The zero-order chi connectivity index (χ0) is 13.2. The molecule has 16 heavy (non-hydrogen) atoms. The molecule has 0 aliphatic carbocycles. The van der Waals surface area contributed by atoms with Gasteiger partial charge in [-0.1, -0.05) is 0 Å². The first kappa shape index (κ1) is 17.7. The highest BCUT2D eigenvalue weighted by Crippen LogP contribution is 2.06. The van der Waals surface area contributed by atoms with Gasteiger partial charge >= 0.3 is 0 Å².